The van der Waals surface area contributed by atoms with E-state index >= 15 is 0 Å². The topological polar surface area (TPSA) is 76.1 Å². The fraction of sp³-hybridized carbons (Fsp3) is 0.474. The van der Waals surface area contributed by atoms with Crippen molar-refractivity contribution in [2.75, 3.05) is 13.7 Å². The van der Waals surface area contributed by atoms with Gasteiger partial charge in [0.2, 0.25) is 0 Å². The zero-order valence-corrected chi connectivity index (χ0v) is 14.8. The van der Waals surface area contributed by atoms with Crippen LogP contribution in [0, 0.1) is 5.92 Å². The number of carbonyl (C=O) groups is 2. The molecule has 0 bridgehead atoms. The molecule has 0 spiro atoms. The quantitative estimate of drug-likeness (QED) is 0.654. The Kier molecular flexibility index (Phi) is 6.58. The number of carbonyl (C=O) groups excluding carboxylic acids is 2. The van der Waals surface area contributed by atoms with Crippen LogP contribution >= 0.6 is 0 Å². The Morgan fingerprint density at radius 2 is 1.96 bits per heavy atom. The van der Waals surface area contributed by atoms with Gasteiger partial charge in [0.25, 0.3) is 0 Å². The molecule has 1 fully saturated rings. The van der Waals surface area contributed by atoms with Gasteiger partial charge in [-0.2, -0.15) is 0 Å². The standard InChI is InChI=1S/C19H25NO5/c1-13(2)9-10-15-16(21)11-20(17(15)18(22)24-3)19(23)25-12-14-7-5-4-6-8-14/h4-9,15-17,21H,10-12H2,1-3H3/t15-,16-,17-/m0/s1. The zero-order valence-electron chi connectivity index (χ0n) is 14.8. The highest BCUT2D eigenvalue weighted by Gasteiger charge is 2.48. The molecule has 2 rings (SSSR count). The van der Waals surface area contributed by atoms with Gasteiger partial charge in [0, 0.05) is 5.92 Å². The lowest BCUT2D eigenvalue weighted by molar-refractivity contribution is -0.147. The van der Waals surface area contributed by atoms with Gasteiger partial charge in [-0.05, 0) is 25.8 Å². The van der Waals surface area contributed by atoms with Crippen molar-refractivity contribution < 1.29 is 24.2 Å². The van der Waals surface area contributed by atoms with Crippen LogP contribution in [0.4, 0.5) is 4.79 Å². The van der Waals surface area contributed by atoms with E-state index in [1.807, 2.05) is 50.3 Å². The lowest BCUT2D eigenvalue weighted by atomic mass is 9.93. The molecule has 0 aliphatic carbocycles. The Hall–Kier alpha value is -2.34. The van der Waals surface area contributed by atoms with E-state index < -0.39 is 30.1 Å². The van der Waals surface area contributed by atoms with Gasteiger partial charge >= 0.3 is 12.1 Å². The van der Waals surface area contributed by atoms with Crippen LogP contribution in [-0.4, -0.2) is 47.9 Å². The highest BCUT2D eigenvalue weighted by Crippen LogP contribution is 2.30. The highest BCUT2D eigenvalue weighted by atomic mass is 16.6. The molecule has 1 aromatic rings. The predicted molar refractivity (Wildman–Crippen MR) is 92.7 cm³/mol. The van der Waals surface area contributed by atoms with Crippen molar-refractivity contribution in [3.05, 3.63) is 47.5 Å². The van der Waals surface area contributed by atoms with Crippen molar-refractivity contribution in [3.8, 4) is 0 Å². The molecule has 1 N–H and O–H groups in total. The van der Waals surface area contributed by atoms with Crippen LogP contribution in [0.25, 0.3) is 0 Å². The first kappa shape index (κ1) is 19.0. The SMILES string of the molecule is COC(=O)[C@@H]1[C@@H](CC=C(C)C)[C@@H](O)CN1C(=O)OCc1ccccc1. The number of esters is 1. The molecule has 6 nitrogen and oxygen atoms in total. The van der Waals surface area contributed by atoms with Crippen LogP contribution in [-0.2, 0) is 20.9 Å². The fourth-order valence-electron chi connectivity index (χ4n) is 2.96. The Morgan fingerprint density at radius 3 is 2.56 bits per heavy atom. The number of amides is 1. The second kappa shape index (κ2) is 8.67. The molecule has 6 heteroatoms. The molecular weight excluding hydrogens is 322 g/mol. The number of aliphatic hydroxyl groups excluding tert-OH is 1. The van der Waals surface area contributed by atoms with Crippen molar-refractivity contribution in [2.24, 2.45) is 5.92 Å². The summed E-state index contributed by atoms with van der Waals surface area (Å²) in [5.41, 5.74) is 1.94. The number of β-amino-alcohol motifs (C(OH)–C–C–N with tert-alkyl or cyclic N) is 1. The van der Waals surface area contributed by atoms with Gasteiger partial charge < -0.3 is 14.6 Å². The minimum atomic E-state index is -0.848. The average molecular weight is 347 g/mol. The Morgan fingerprint density at radius 1 is 1.28 bits per heavy atom. The van der Waals surface area contributed by atoms with Crippen molar-refractivity contribution in [3.63, 3.8) is 0 Å². The van der Waals surface area contributed by atoms with Crippen molar-refractivity contribution in [2.45, 2.75) is 39.0 Å². The molecule has 1 amide bonds. The molecule has 1 heterocycles. The van der Waals surface area contributed by atoms with Gasteiger partial charge in [0.1, 0.15) is 12.6 Å². The van der Waals surface area contributed by atoms with E-state index in [9.17, 15) is 14.7 Å². The molecule has 136 valence electrons. The number of allylic oxidation sites excluding steroid dienone is 2. The lowest BCUT2D eigenvalue weighted by Crippen LogP contribution is -2.44. The lowest BCUT2D eigenvalue weighted by Gasteiger charge is -2.24. The summed E-state index contributed by atoms with van der Waals surface area (Å²) in [5.74, 6) is -0.952. The van der Waals surface area contributed by atoms with E-state index in [-0.39, 0.29) is 13.2 Å². The molecule has 1 aromatic carbocycles. The Bertz CT molecular complexity index is 624. The number of hydrogen-bond acceptors (Lipinski definition) is 5. The van der Waals surface area contributed by atoms with E-state index in [0.29, 0.717) is 6.42 Å². The monoisotopic (exact) mass is 347 g/mol. The van der Waals surface area contributed by atoms with E-state index in [4.69, 9.17) is 9.47 Å². The van der Waals surface area contributed by atoms with Gasteiger partial charge in [0.15, 0.2) is 0 Å². The number of rotatable bonds is 5. The third-order valence-corrected chi connectivity index (χ3v) is 4.30. The highest BCUT2D eigenvalue weighted by molar-refractivity contribution is 5.82. The van der Waals surface area contributed by atoms with E-state index in [1.54, 1.807) is 0 Å². The van der Waals surface area contributed by atoms with Gasteiger partial charge in [0.05, 0.1) is 19.8 Å². The fourth-order valence-corrected chi connectivity index (χ4v) is 2.96. The summed E-state index contributed by atoms with van der Waals surface area (Å²) in [7, 11) is 1.28. The molecule has 0 radical (unpaired) electrons. The van der Waals surface area contributed by atoms with Gasteiger partial charge in [-0.3, -0.25) is 4.90 Å². The van der Waals surface area contributed by atoms with Crippen LogP contribution < -0.4 is 0 Å². The first-order valence-corrected chi connectivity index (χ1v) is 8.30. The summed E-state index contributed by atoms with van der Waals surface area (Å²) >= 11 is 0. The molecule has 1 aliphatic rings. The maximum Gasteiger partial charge on any atom is 0.410 e. The summed E-state index contributed by atoms with van der Waals surface area (Å²) < 4.78 is 10.2. The minimum absolute atomic E-state index is 0.0503. The van der Waals surface area contributed by atoms with Gasteiger partial charge in [-0.25, -0.2) is 9.59 Å². The van der Waals surface area contributed by atoms with Crippen LogP contribution in [0.2, 0.25) is 0 Å². The average Bonchev–Trinajstić information content (AvgIpc) is 2.94. The Balaban J connectivity index is 2.10. The van der Waals surface area contributed by atoms with E-state index in [2.05, 4.69) is 0 Å². The van der Waals surface area contributed by atoms with E-state index in [0.717, 1.165) is 11.1 Å². The summed E-state index contributed by atoms with van der Waals surface area (Å²) in [6.45, 7) is 4.05. The van der Waals surface area contributed by atoms with Crippen LogP contribution in [0.1, 0.15) is 25.8 Å². The van der Waals surface area contributed by atoms with Crippen LogP contribution in [0.3, 0.4) is 0 Å². The zero-order chi connectivity index (χ0) is 18.4. The molecule has 1 saturated heterocycles. The third-order valence-electron chi connectivity index (χ3n) is 4.30. The summed E-state index contributed by atoms with van der Waals surface area (Å²) in [6.07, 6.45) is 1.01. The molecule has 0 unspecified atom stereocenters. The normalized spacial score (nSPS) is 22.4. The maximum absolute atomic E-state index is 12.4. The number of methoxy groups -OCH3 is 1. The molecule has 3 atom stereocenters. The van der Waals surface area contributed by atoms with Crippen molar-refractivity contribution in [1.82, 2.24) is 4.90 Å². The van der Waals surface area contributed by atoms with Crippen molar-refractivity contribution >= 4 is 12.1 Å². The molecule has 0 aromatic heterocycles. The third kappa shape index (κ3) is 4.82. The number of ether oxygens (including phenoxy) is 2. The minimum Gasteiger partial charge on any atom is -0.467 e. The number of aliphatic hydroxyl groups is 1. The molecular formula is C19H25NO5. The van der Waals surface area contributed by atoms with E-state index in [1.165, 1.54) is 12.0 Å². The second-order valence-corrected chi connectivity index (χ2v) is 6.41. The summed E-state index contributed by atoms with van der Waals surface area (Å²) in [6, 6.07) is 8.44. The van der Waals surface area contributed by atoms with Crippen LogP contribution in [0.15, 0.2) is 42.0 Å². The number of benzene rings is 1. The maximum atomic E-state index is 12.4. The number of hydrogen-bond donors (Lipinski definition) is 1. The van der Waals surface area contributed by atoms with Gasteiger partial charge in [-0.15, -0.1) is 0 Å². The number of likely N-dealkylation sites (tertiary alicyclic amines) is 1. The second-order valence-electron chi connectivity index (χ2n) is 6.41. The largest absolute Gasteiger partial charge is 0.467 e. The molecule has 1 aliphatic heterocycles. The smallest absolute Gasteiger partial charge is 0.410 e. The number of nitrogens with zero attached hydrogens (tertiary/aromatic N) is 1. The van der Waals surface area contributed by atoms with Crippen molar-refractivity contribution in [1.29, 1.82) is 0 Å². The first-order chi connectivity index (χ1) is 11.9. The Labute approximate surface area is 148 Å². The molecule has 0 saturated carbocycles. The molecule has 25 heavy (non-hydrogen) atoms. The summed E-state index contributed by atoms with van der Waals surface area (Å²) in [5, 5.41) is 10.3. The first-order valence-electron chi connectivity index (χ1n) is 8.30. The predicted octanol–water partition coefficient (Wildman–Crippen LogP) is 2.51. The van der Waals surface area contributed by atoms with Crippen LogP contribution in [0.5, 0.6) is 0 Å². The summed E-state index contributed by atoms with van der Waals surface area (Å²) in [4.78, 5) is 25.9. The van der Waals surface area contributed by atoms with Gasteiger partial charge in [-0.1, -0.05) is 42.0 Å².